The summed E-state index contributed by atoms with van der Waals surface area (Å²) >= 11 is 0. The number of aromatic nitrogens is 1. The van der Waals surface area contributed by atoms with E-state index in [1.54, 1.807) is 22.9 Å². The molecule has 4 nitrogen and oxygen atoms in total. The number of ether oxygens (including phenoxy) is 1. The van der Waals surface area contributed by atoms with E-state index < -0.39 is 11.7 Å². The molecule has 0 bridgehead atoms. The largest absolute Gasteiger partial charge is 0.487 e. The molecular weight excluding hydrogens is 429 g/mol. The van der Waals surface area contributed by atoms with Gasteiger partial charge in [0.15, 0.2) is 5.43 Å². The Balaban J connectivity index is 1.71. The summed E-state index contributed by atoms with van der Waals surface area (Å²) in [5, 5.41) is 0.462. The van der Waals surface area contributed by atoms with Crippen molar-refractivity contribution < 1.29 is 17.9 Å². The molecule has 0 aliphatic carbocycles. The van der Waals surface area contributed by atoms with Crippen molar-refractivity contribution in [3.63, 3.8) is 0 Å². The van der Waals surface area contributed by atoms with Crippen LogP contribution in [0.5, 0.6) is 5.75 Å². The molecular formula is C26H21F3N2O2. The molecule has 0 saturated heterocycles. The van der Waals surface area contributed by atoms with Gasteiger partial charge in [0.1, 0.15) is 12.4 Å². The average molecular weight is 450 g/mol. The lowest BCUT2D eigenvalue weighted by atomic mass is 10.0. The smallest absolute Gasteiger partial charge is 0.416 e. The molecule has 0 N–H and O–H groups in total. The maximum Gasteiger partial charge on any atom is 0.416 e. The minimum Gasteiger partial charge on any atom is -0.487 e. The van der Waals surface area contributed by atoms with Gasteiger partial charge in [0.05, 0.1) is 16.8 Å². The molecule has 3 aromatic carbocycles. The van der Waals surface area contributed by atoms with E-state index in [9.17, 15) is 18.0 Å². The van der Waals surface area contributed by atoms with Crippen LogP contribution in [0.4, 0.5) is 18.9 Å². The lowest BCUT2D eigenvalue weighted by Crippen LogP contribution is -2.16. The fourth-order valence-corrected chi connectivity index (χ4v) is 4.23. The van der Waals surface area contributed by atoms with E-state index in [1.165, 1.54) is 6.07 Å². The molecule has 5 rings (SSSR count). The van der Waals surface area contributed by atoms with Crippen LogP contribution in [-0.2, 0) is 19.2 Å². The molecule has 0 spiro atoms. The number of hydrogen-bond donors (Lipinski definition) is 0. The van der Waals surface area contributed by atoms with Crippen LogP contribution in [0.3, 0.4) is 0 Å². The zero-order valence-electron chi connectivity index (χ0n) is 18.1. The van der Waals surface area contributed by atoms with Gasteiger partial charge in [-0.25, -0.2) is 0 Å². The Hall–Kier alpha value is -3.74. The van der Waals surface area contributed by atoms with Crippen LogP contribution >= 0.6 is 0 Å². The zero-order valence-corrected chi connectivity index (χ0v) is 18.1. The standard InChI is InChI=1S/C26H21F3N2O2/c1-30(2)20-9-6-16(7-10-20)12-18-14-31-22-13-19(26(27,28)29)8-11-23(22)33-15-17-4-3-5-21(24(17)31)25(18)32/h3-11,13-14H,12,15H2,1-2H3. The number of halogens is 3. The third kappa shape index (κ3) is 3.73. The number of rotatable bonds is 3. The van der Waals surface area contributed by atoms with Crippen LogP contribution in [0.1, 0.15) is 22.3 Å². The second-order valence-electron chi connectivity index (χ2n) is 8.37. The first-order valence-electron chi connectivity index (χ1n) is 10.5. The fraction of sp³-hybridized carbons (Fsp3) is 0.192. The number of alkyl halides is 3. The van der Waals surface area contributed by atoms with E-state index in [-0.39, 0.29) is 17.7 Å². The van der Waals surface area contributed by atoms with Crippen molar-refractivity contribution in [2.24, 2.45) is 0 Å². The maximum absolute atomic E-state index is 13.5. The number of para-hydroxylation sites is 1. The van der Waals surface area contributed by atoms with E-state index in [2.05, 4.69) is 0 Å². The third-order valence-corrected chi connectivity index (χ3v) is 5.96. The molecule has 1 aliphatic heterocycles. The summed E-state index contributed by atoms with van der Waals surface area (Å²) in [5.41, 5.74) is 3.17. The van der Waals surface area contributed by atoms with E-state index in [0.29, 0.717) is 28.6 Å². The summed E-state index contributed by atoms with van der Waals surface area (Å²) < 4.78 is 47.9. The van der Waals surface area contributed by atoms with Crippen LogP contribution in [0.15, 0.2) is 71.7 Å². The maximum atomic E-state index is 13.5. The molecule has 2 heterocycles. The summed E-state index contributed by atoms with van der Waals surface area (Å²) in [6, 6.07) is 16.6. The number of nitrogens with zero attached hydrogens (tertiary/aromatic N) is 2. The Morgan fingerprint density at radius 2 is 1.79 bits per heavy atom. The SMILES string of the molecule is CN(C)c1ccc(Cc2cn3c4c(cccc4c2=O)COc2ccc(C(F)(F)F)cc2-3)cc1. The van der Waals surface area contributed by atoms with Crippen molar-refractivity contribution >= 4 is 16.6 Å². The monoisotopic (exact) mass is 450 g/mol. The normalized spacial score (nSPS) is 12.8. The molecule has 7 heteroatoms. The average Bonchev–Trinajstić information content (AvgIpc) is 2.94. The zero-order chi connectivity index (χ0) is 23.3. The first kappa shape index (κ1) is 21.1. The quantitative estimate of drug-likeness (QED) is 0.410. The van der Waals surface area contributed by atoms with Crippen molar-refractivity contribution in [3.8, 4) is 11.4 Å². The summed E-state index contributed by atoms with van der Waals surface area (Å²) in [4.78, 5) is 15.3. The summed E-state index contributed by atoms with van der Waals surface area (Å²) in [6.07, 6.45) is -2.47. The van der Waals surface area contributed by atoms with Gasteiger partial charge in [0, 0.05) is 48.9 Å². The van der Waals surface area contributed by atoms with Gasteiger partial charge in [0.25, 0.3) is 0 Å². The summed E-state index contributed by atoms with van der Waals surface area (Å²) in [7, 11) is 3.90. The molecule has 0 saturated carbocycles. The molecule has 168 valence electrons. The highest BCUT2D eigenvalue weighted by molar-refractivity contribution is 5.85. The van der Waals surface area contributed by atoms with Crippen molar-refractivity contribution in [1.82, 2.24) is 4.57 Å². The lowest BCUT2D eigenvalue weighted by molar-refractivity contribution is -0.137. The van der Waals surface area contributed by atoms with Gasteiger partial charge in [-0.3, -0.25) is 4.79 Å². The number of hydrogen-bond acceptors (Lipinski definition) is 3. The highest BCUT2D eigenvalue weighted by Crippen LogP contribution is 2.37. The molecule has 4 aromatic rings. The van der Waals surface area contributed by atoms with Gasteiger partial charge in [-0.15, -0.1) is 0 Å². The molecule has 0 atom stereocenters. The highest BCUT2D eigenvalue weighted by atomic mass is 19.4. The molecule has 0 fully saturated rings. The van der Waals surface area contributed by atoms with Crippen LogP contribution in [0.25, 0.3) is 16.6 Å². The van der Waals surface area contributed by atoms with E-state index >= 15 is 0 Å². The minimum atomic E-state index is -4.49. The molecule has 1 aliphatic rings. The third-order valence-electron chi connectivity index (χ3n) is 5.96. The van der Waals surface area contributed by atoms with Gasteiger partial charge in [-0.2, -0.15) is 13.2 Å². The van der Waals surface area contributed by atoms with Gasteiger partial charge in [-0.1, -0.05) is 24.3 Å². The number of fused-ring (bicyclic) bond motifs is 2. The van der Waals surface area contributed by atoms with E-state index in [4.69, 9.17) is 4.74 Å². The van der Waals surface area contributed by atoms with E-state index in [0.717, 1.165) is 28.9 Å². The number of pyridine rings is 1. The van der Waals surface area contributed by atoms with Gasteiger partial charge < -0.3 is 14.2 Å². The van der Waals surface area contributed by atoms with Crippen LogP contribution in [0, 0.1) is 0 Å². The molecule has 0 amide bonds. The summed E-state index contributed by atoms with van der Waals surface area (Å²) in [5.74, 6) is 0.338. The Labute approximate surface area is 188 Å². The Morgan fingerprint density at radius 1 is 1.03 bits per heavy atom. The minimum absolute atomic E-state index is 0.129. The predicted octanol–water partition coefficient (Wildman–Crippen LogP) is 5.56. The number of anilines is 1. The summed E-state index contributed by atoms with van der Waals surface area (Å²) in [6.45, 7) is 0.167. The second kappa shape index (κ2) is 7.69. The second-order valence-corrected chi connectivity index (χ2v) is 8.37. The molecule has 33 heavy (non-hydrogen) atoms. The van der Waals surface area contributed by atoms with Crippen molar-refractivity contribution in [3.05, 3.63) is 99.3 Å². The first-order valence-corrected chi connectivity index (χ1v) is 10.5. The Kier molecular flexibility index (Phi) is 4.92. The predicted molar refractivity (Wildman–Crippen MR) is 122 cm³/mol. The Bertz CT molecular complexity index is 1420. The molecule has 0 radical (unpaired) electrons. The fourth-order valence-electron chi connectivity index (χ4n) is 4.23. The van der Waals surface area contributed by atoms with Crippen LogP contribution < -0.4 is 15.1 Å². The topological polar surface area (TPSA) is 34.5 Å². The number of benzene rings is 3. The van der Waals surface area contributed by atoms with Gasteiger partial charge >= 0.3 is 6.18 Å². The lowest BCUT2D eigenvalue weighted by Gasteiger charge is -2.17. The molecule has 0 unspecified atom stereocenters. The molecule has 1 aromatic heterocycles. The van der Waals surface area contributed by atoms with Crippen molar-refractivity contribution in [2.45, 2.75) is 19.2 Å². The van der Waals surface area contributed by atoms with E-state index in [1.807, 2.05) is 49.3 Å². The van der Waals surface area contributed by atoms with Crippen LogP contribution in [-0.4, -0.2) is 18.7 Å². The Morgan fingerprint density at radius 3 is 2.48 bits per heavy atom. The van der Waals surface area contributed by atoms with Gasteiger partial charge in [-0.05, 0) is 42.0 Å². The van der Waals surface area contributed by atoms with Crippen molar-refractivity contribution in [2.75, 3.05) is 19.0 Å². The van der Waals surface area contributed by atoms with Crippen molar-refractivity contribution in [1.29, 1.82) is 0 Å². The van der Waals surface area contributed by atoms with Gasteiger partial charge in [0.2, 0.25) is 0 Å². The van der Waals surface area contributed by atoms with Crippen LogP contribution in [0.2, 0.25) is 0 Å². The first-order chi connectivity index (χ1) is 15.7. The highest BCUT2D eigenvalue weighted by Gasteiger charge is 2.32.